The molecule has 2 nitrogen and oxygen atoms in total. The van der Waals surface area contributed by atoms with Crippen molar-refractivity contribution in [3.8, 4) is 5.75 Å². The van der Waals surface area contributed by atoms with Crippen molar-refractivity contribution >= 4 is 21.7 Å². The van der Waals surface area contributed by atoms with E-state index >= 15 is 0 Å². The van der Waals surface area contributed by atoms with Crippen LogP contribution in [0, 0.1) is 0 Å². The molecule has 0 bridgehead atoms. The molecule has 0 saturated heterocycles. The van der Waals surface area contributed by atoms with E-state index < -0.39 is 12.5 Å². The van der Waals surface area contributed by atoms with Crippen LogP contribution in [0.1, 0.15) is 22.8 Å². The largest absolute Gasteiger partial charge is 0.486 e. The molecule has 2 aromatic carbocycles. The molecule has 2 rings (SSSR count). The summed E-state index contributed by atoms with van der Waals surface area (Å²) in [5.41, 5.74) is 0.159. The third kappa shape index (κ3) is 3.88. The van der Waals surface area contributed by atoms with Crippen LogP contribution in [0.5, 0.6) is 5.75 Å². The Labute approximate surface area is 129 Å². The van der Waals surface area contributed by atoms with Crippen LogP contribution in [0.2, 0.25) is 0 Å². The van der Waals surface area contributed by atoms with Crippen molar-refractivity contribution in [2.75, 3.05) is 6.61 Å². The van der Waals surface area contributed by atoms with Crippen molar-refractivity contribution in [1.29, 1.82) is 0 Å². The molecule has 0 N–H and O–H groups in total. The Balaban J connectivity index is 2.20. The Kier molecular flexibility index (Phi) is 4.73. The monoisotopic (exact) mass is 354 g/mol. The van der Waals surface area contributed by atoms with E-state index in [4.69, 9.17) is 4.74 Å². The highest BCUT2D eigenvalue weighted by atomic mass is 79.9. The van der Waals surface area contributed by atoms with Gasteiger partial charge in [0.25, 0.3) is 0 Å². The molecular weight excluding hydrogens is 342 g/mol. The minimum Gasteiger partial charge on any atom is -0.486 e. The molecule has 0 radical (unpaired) electrons. The number of ketones is 1. The predicted octanol–water partition coefficient (Wildman–Crippen LogP) is 4.82. The zero-order valence-electron chi connectivity index (χ0n) is 11.3. The summed E-state index contributed by atoms with van der Waals surface area (Å²) in [5.74, 6) is -3.22. The topological polar surface area (TPSA) is 26.3 Å². The SMILES string of the molecule is CC(=O)c1ccc(Br)cc1OCC(F)(F)c1ccccc1. The van der Waals surface area contributed by atoms with E-state index in [0.29, 0.717) is 4.47 Å². The van der Waals surface area contributed by atoms with Crippen molar-refractivity contribution in [3.63, 3.8) is 0 Å². The molecule has 2 aromatic rings. The normalized spacial score (nSPS) is 11.2. The zero-order valence-corrected chi connectivity index (χ0v) is 12.9. The maximum Gasteiger partial charge on any atom is 0.306 e. The second-order valence-corrected chi connectivity index (χ2v) is 5.47. The maximum atomic E-state index is 14.1. The van der Waals surface area contributed by atoms with Gasteiger partial charge >= 0.3 is 5.92 Å². The Bertz CT molecular complexity index is 642. The van der Waals surface area contributed by atoms with Crippen molar-refractivity contribution in [2.45, 2.75) is 12.8 Å². The molecule has 0 fully saturated rings. The quantitative estimate of drug-likeness (QED) is 0.719. The van der Waals surface area contributed by atoms with Crippen LogP contribution < -0.4 is 4.74 Å². The van der Waals surface area contributed by atoms with E-state index in [1.165, 1.54) is 25.1 Å². The highest BCUT2D eigenvalue weighted by Gasteiger charge is 2.32. The summed E-state index contributed by atoms with van der Waals surface area (Å²) >= 11 is 3.23. The van der Waals surface area contributed by atoms with E-state index in [-0.39, 0.29) is 22.7 Å². The summed E-state index contributed by atoms with van der Waals surface area (Å²) in [4.78, 5) is 11.5. The Morgan fingerprint density at radius 3 is 2.48 bits per heavy atom. The summed E-state index contributed by atoms with van der Waals surface area (Å²) in [5, 5.41) is 0. The number of Topliss-reactive ketones (excluding diaryl/α,β-unsaturated/α-hetero) is 1. The highest BCUT2D eigenvalue weighted by molar-refractivity contribution is 9.10. The maximum absolute atomic E-state index is 14.1. The fourth-order valence-corrected chi connectivity index (χ4v) is 2.18. The summed E-state index contributed by atoms with van der Waals surface area (Å²) < 4.78 is 34.0. The number of halogens is 3. The van der Waals surface area contributed by atoms with E-state index in [9.17, 15) is 13.6 Å². The number of alkyl halides is 2. The Morgan fingerprint density at radius 2 is 1.86 bits per heavy atom. The Morgan fingerprint density at radius 1 is 1.19 bits per heavy atom. The lowest BCUT2D eigenvalue weighted by Crippen LogP contribution is -2.23. The first kappa shape index (κ1) is 15.6. The summed E-state index contributed by atoms with van der Waals surface area (Å²) in [7, 11) is 0. The van der Waals surface area contributed by atoms with Gasteiger partial charge in [-0.15, -0.1) is 0 Å². The van der Waals surface area contributed by atoms with Crippen LogP contribution in [0.4, 0.5) is 8.78 Å². The van der Waals surface area contributed by atoms with Gasteiger partial charge in [-0.3, -0.25) is 4.79 Å². The molecule has 5 heteroatoms. The van der Waals surface area contributed by atoms with E-state index in [0.717, 1.165) is 0 Å². The lowest BCUT2D eigenvalue weighted by atomic mass is 10.1. The fraction of sp³-hybridized carbons (Fsp3) is 0.188. The van der Waals surface area contributed by atoms with Gasteiger partial charge in [0.05, 0.1) is 5.56 Å². The summed E-state index contributed by atoms with van der Waals surface area (Å²) in [6.45, 7) is 0.541. The van der Waals surface area contributed by atoms with E-state index in [2.05, 4.69) is 15.9 Å². The second kappa shape index (κ2) is 6.35. The minimum absolute atomic E-state index is 0.121. The van der Waals surface area contributed by atoms with Gasteiger partial charge in [-0.1, -0.05) is 46.3 Å². The summed E-state index contributed by atoms with van der Waals surface area (Å²) in [6.07, 6.45) is 0. The lowest BCUT2D eigenvalue weighted by Gasteiger charge is -2.18. The molecule has 0 aromatic heterocycles. The Hall–Kier alpha value is -1.75. The number of benzene rings is 2. The third-order valence-electron chi connectivity index (χ3n) is 2.93. The van der Waals surface area contributed by atoms with Crippen LogP contribution in [0.25, 0.3) is 0 Å². The molecule has 0 aliphatic heterocycles. The van der Waals surface area contributed by atoms with E-state index in [1.54, 1.807) is 30.3 Å². The number of hydrogen-bond donors (Lipinski definition) is 0. The van der Waals surface area contributed by atoms with Crippen LogP contribution in [0.15, 0.2) is 53.0 Å². The van der Waals surface area contributed by atoms with Crippen molar-refractivity contribution in [3.05, 3.63) is 64.1 Å². The molecule has 110 valence electrons. The standard InChI is InChI=1S/C16H13BrF2O2/c1-11(20)14-8-7-13(17)9-15(14)21-10-16(18,19)12-5-3-2-4-6-12/h2-9H,10H2,1H3. The number of ether oxygens (including phenoxy) is 1. The first-order valence-corrected chi connectivity index (χ1v) is 7.06. The average Bonchev–Trinajstić information content (AvgIpc) is 2.46. The van der Waals surface area contributed by atoms with Gasteiger partial charge in [0.2, 0.25) is 0 Å². The van der Waals surface area contributed by atoms with Crippen LogP contribution in [-0.2, 0) is 5.92 Å². The van der Waals surface area contributed by atoms with Gasteiger partial charge in [0.1, 0.15) is 5.75 Å². The number of carbonyl (C=O) groups excluding carboxylic acids is 1. The third-order valence-corrected chi connectivity index (χ3v) is 3.42. The predicted molar refractivity (Wildman–Crippen MR) is 80.0 cm³/mol. The second-order valence-electron chi connectivity index (χ2n) is 4.56. The van der Waals surface area contributed by atoms with Gasteiger partial charge in [0.15, 0.2) is 12.4 Å². The summed E-state index contributed by atoms with van der Waals surface area (Å²) in [6, 6.07) is 12.2. The molecule has 0 heterocycles. The minimum atomic E-state index is -3.13. The first-order chi connectivity index (χ1) is 9.90. The lowest BCUT2D eigenvalue weighted by molar-refractivity contribution is -0.0468. The van der Waals surface area contributed by atoms with Gasteiger partial charge in [0, 0.05) is 10.0 Å². The molecule has 21 heavy (non-hydrogen) atoms. The van der Waals surface area contributed by atoms with Gasteiger partial charge < -0.3 is 4.74 Å². The van der Waals surface area contributed by atoms with Gasteiger partial charge in [-0.05, 0) is 25.1 Å². The van der Waals surface area contributed by atoms with Crippen molar-refractivity contribution in [2.24, 2.45) is 0 Å². The highest BCUT2D eigenvalue weighted by Crippen LogP contribution is 2.31. The molecule has 0 spiro atoms. The van der Waals surface area contributed by atoms with E-state index in [1.807, 2.05) is 0 Å². The zero-order chi connectivity index (χ0) is 15.5. The number of carbonyl (C=O) groups is 1. The van der Waals surface area contributed by atoms with Crippen molar-refractivity contribution in [1.82, 2.24) is 0 Å². The molecule has 0 amide bonds. The molecular formula is C16H13BrF2O2. The van der Waals surface area contributed by atoms with Crippen molar-refractivity contribution < 1.29 is 18.3 Å². The molecule has 0 unspecified atom stereocenters. The molecule has 0 saturated carbocycles. The van der Waals surface area contributed by atoms with Gasteiger partial charge in [-0.25, -0.2) is 0 Å². The molecule has 0 atom stereocenters. The fourth-order valence-electron chi connectivity index (χ4n) is 1.84. The first-order valence-electron chi connectivity index (χ1n) is 6.27. The molecule has 0 aliphatic carbocycles. The number of hydrogen-bond acceptors (Lipinski definition) is 2. The van der Waals surface area contributed by atoms with Gasteiger partial charge in [-0.2, -0.15) is 8.78 Å². The van der Waals surface area contributed by atoms with Crippen LogP contribution >= 0.6 is 15.9 Å². The smallest absolute Gasteiger partial charge is 0.306 e. The average molecular weight is 355 g/mol. The molecule has 0 aliphatic rings. The van der Waals surface area contributed by atoms with Crippen LogP contribution in [-0.4, -0.2) is 12.4 Å². The number of rotatable bonds is 5. The van der Waals surface area contributed by atoms with Crippen LogP contribution in [0.3, 0.4) is 0 Å².